The van der Waals surface area contributed by atoms with E-state index in [9.17, 15) is 9.59 Å². The number of rotatable bonds is 6. The van der Waals surface area contributed by atoms with Gasteiger partial charge in [0.05, 0.1) is 11.3 Å². The van der Waals surface area contributed by atoms with Crippen LogP contribution < -0.4 is 10.1 Å². The lowest BCUT2D eigenvalue weighted by Gasteiger charge is -2.19. The molecule has 142 valence electrons. The number of aryl methyl sites for hydroxylation is 1. The Morgan fingerprint density at radius 3 is 2.41 bits per heavy atom. The Kier molecular flexibility index (Phi) is 6.12. The first kappa shape index (κ1) is 19.0. The number of hydrogen-bond donors (Lipinski definition) is 1. The molecule has 3 rings (SSSR count). The largest absolute Gasteiger partial charge is 0.481 e. The summed E-state index contributed by atoms with van der Waals surface area (Å²) in [7, 11) is 0. The van der Waals surface area contributed by atoms with Crippen LogP contribution in [-0.2, 0) is 11.2 Å². The Labute approximate surface area is 160 Å². The number of carbonyl (C=O) groups is 2. The van der Waals surface area contributed by atoms with Crippen LogP contribution >= 0.6 is 0 Å². The molecule has 2 aromatic carbocycles. The van der Waals surface area contributed by atoms with Gasteiger partial charge in [0.2, 0.25) is 0 Å². The summed E-state index contributed by atoms with van der Waals surface area (Å²) in [4.78, 5) is 27.1. The summed E-state index contributed by atoms with van der Waals surface area (Å²) in [5.74, 6) is 0.333. The van der Waals surface area contributed by atoms with Crippen LogP contribution in [0.25, 0.3) is 0 Å². The van der Waals surface area contributed by atoms with Crippen molar-refractivity contribution in [3.05, 3.63) is 59.7 Å². The number of amides is 2. The number of likely N-dealkylation sites (tertiary alicyclic amines) is 1. The molecule has 0 unspecified atom stereocenters. The molecule has 27 heavy (non-hydrogen) atoms. The summed E-state index contributed by atoms with van der Waals surface area (Å²) in [5.41, 5.74) is 2.26. The van der Waals surface area contributed by atoms with Gasteiger partial charge in [-0.1, -0.05) is 31.2 Å². The van der Waals surface area contributed by atoms with E-state index in [1.165, 1.54) is 5.56 Å². The lowest BCUT2D eigenvalue weighted by Crippen LogP contribution is -2.32. The first-order valence-corrected chi connectivity index (χ1v) is 9.53. The highest BCUT2D eigenvalue weighted by Crippen LogP contribution is 2.21. The van der Waals surface area contributed by atoms with Gasteiger partial charge in [-0.2, -0.15) is 0 Å². The van der Waals surface area contributed by atoms with Crippen LogP contribution in [0.2, 0.25) is 0 Å². The molecule has 1 heterocycles. The molecule has 0 radical (unpaired) electrons. The molecular weight excluding hydrogens is 340 g/mol. The number of para-hydroxylation sites is 1. The van der Waals surface area contributed by atoms with E-state index >= 15 is 0 Å². The number of hydrogen-bond acceptors (Lipinski definition) is 3. The maximum Gasteiger partial charge on any atom is 0.265 e. The van der Waals surface area contributed by atoms with E-state index < -0.39 is 6.10 Å². The average Bonchev–Trinajstić information content (AvgIpc) is 3.23. The quantitative estimate of drug-likeness (QED) is 0.844. The fourth-order valence-corrected chi connectivity index (χ4v) is 3.16. The van der Waals surface area contributed by atoms with Crippen molar-refractivity contribution in [2.75, 3.05) is 18.4 Å². The second-order valence-corrected chi connectivity index (χ2v) is 6.79. The van der Waals surface area contributed by atoms with Gasteiger partial charge in [-0.05, 0) is 56.0 Å². The lowest BCUT2D eigenvalue weighted by molar-refractivity contribution is -0.122. The van der Waals surface area contributed by atoms with Gasteiger partial charge in [0.15, 0.2) is 6.10 Å². The van der Waals surface area contributed by atoms with Crippen molar-refractivity contribution in [3.63, 3.8) is 0 Å². The molecule has 0 saturated carbocycles. The third-order valence-corrected chi connectivity index (χ3v) is 4.82. The van der Waals surface area contributed by atoms with Gasteiger partial charge in [0.25, 0.3) is 11.8 Å². The molecule has 0 bridgehead atoms. The van der Waals surface area contributed by atoms with Gasteiger partial charge >= 0.3 is 0 Å². The molecule has 0 aromatic heterocycles. The minimum atomic E-state index is -0.674. The maximum absolute atomic E-state index is 12.7. The molecular formula is C22H26N2O3. The van der Waals surface area contributed by atoms with Crippen molar-refractivity contribution >= 4 is 17.5 Å². The average molecular weight is 366 g/mol. The number of nitrogens with zero attached hydrogens (tertiary/aromatic N) is 1. The van der Waals surface area contributed by atoms with E-state index in [1.54, 1.807) is 19.1 Å². The summed E-state index contributed by atoms with van der Waals surface area (Å²) in [6.07, 6.45) is 2.34. The molecule has 1 saturated heterocycles. The number of anilines is 1. The van der Waals surface area contributed by atoms with Crippen molar-refractivity contribution in [1.82, 2.24) is 4.90 Å². The molecule has 1 fully saturated rings. The van der Waals surface area contributed by atoms with E-state index in [4.69, 9.17) is 4.74 Å². The molecule has 1 N–H and O–H groups in total. The van der Waals surface area contributed by atoms with Gasteiger partial charge in [0, 0.05) is 13.1 Å². The first-order chi connectivity index (χ1) is 13.1. The van der Waals surface area contributed by atoms with Crippen molar-refractivity contribution in [2.24, 2.45) is 0 Å². The van der Waals surface area contributed by atoms with E-state index in [0.717, 1.165) is 32.4 Å². The van der Waals surface area contributed by atoms with Crippen molar-refractivity contribution < 1.29 is 14.3 Å². The molecule has 2 aromatic rings. The molecule has 0 spiro atoms. The predicted molar refractivity (Wildman–Crippen MR) is 106 cm³/mol. The zero-order valence-corrected chi connectivity index (χ0v) is 15.9. The van der Waals surface area contributed by atoms with Crippen LogP contribution in [0.5, 0.6) is 5.75 Å². The normalized spacial score (nSPS) is 14.7. The smallest absolute Gasteiger partial charge is 0.265 e. The summed E-state index contributed by atoms with van der Waals surface area (Å²) in [5, 5.41) is 2.85. The van der Waals surface area contributed by atoms with Crippen molar-refractivity contribution in [3.8, 4) is 5.75 Å². The van der Waals surface area contributed by atoms with Gasteiger partial charge in [-0.15, -0.1) is 0 Å². The van der Waals surface area contributed by atoms with E-state index in [-0.39, 0.29) is 11.8 Å². The third-order valence-electron chi connectivity index (χ3n) is 4.82. The number of carbonyl (C=O) groups excluding carboxylic acids is 2. The number of ether oxygens (including phenoxy) is 1. The standard InChI is InChI=1S/C22H26N2O3/c1-3-17-10-12-18(13-11-17)27-16(2)21(25)23-20-9-5-4-8-19(20)22(26)24-14-6-7-15-24/h4-5,8-13,16H,3,6-7,14-15H2,1-2H3,(H,23,25)/t16-/m0/s1. The second kappa shape index (κ2) is 8.71. The van der Waals surface area contributed by atoms with E-state index in [2.05, 4.69) is 12.2 Å². The molecule has 2 amide bonds. The fourth-order valence-electron chi connectivity index (χ4n) is 3.16. The Balaban J connectivity index is 1.67. The Morgan fingerprint density at radius 2 is 1.74 bits per heavy atom. The summed E-state index contributed by atoms with van der Waals surface area (Å²) < 4.78 is 5.74. The highest BCUT2D eigenvalue weighted by Gasteiger charge is 2.23. The highest BCUT2D eigenvalue weighted by molar-refractivity contribution is 6.04. The number of benzene rings is 2. The van der Waals surface area contributed by atoms with E-state index in [1.807, 2.05) is 41.3 Å². The third kappa shape index (κ3) is 4.67. The molecule has 5 nitrogen and oxygen atoms in total. The topological polar surface area (TPSA) is 58.6 Å². The zero-order valence-electron chi connectivity index (χ0n) is 15.9. The Hall–Kier alpha value is -2.82. The SMILES string of the molecule is CCc1ccc(O[C@@H](C)C(=O)Nc2ccccc2C(=O)N2CCCC2)cc1. The Bertz CT molecular complexity index is 795. The van der Waals surface area contributed by atoms with Crippen LogP contribution in [0.15, 0.2) is 48.5 Å². The molecule has 1 aliphatic rings. The van der Waals surface area contributed by atoms with Crippen LogP contribution in [0.1, 0.15) is 42.6 Å². The van der Waals surface area contributed by atoms with Gasteiger partial charge < -0.3 is 15.0 Å². The van der Waals surface area contributed by atoms with E-state index in [0.29, 0.717) is 17.0 Å². The van der Waals surface area contributed by atoms with Crippen LogP contribution in [0.4, 0.5) is 5.69 Å². The van der Waals surface area contributed by atoms with Gasteiger partial charge in [-0.3, -0.25) is 9.59 Å². The van der Waals surface area contributed by atoms with Crippen LogP contribution in [0.3, 0.4) is 0 Å². The fraction of sp³-hybridized carbons (Fsp3) is 0.364. The number of nitrogens with one attached hydrogen (secondary N) is 1. The second-order valence-electron chi connectivity index (χ2n) is 6.79. The predicted octanol–water partition coefficient (Wildman–Crippen LogP) is 3.89. The zero-order chi connectivity index (χ0) is 19.2. The van der Waals surface area contributed by atoms with Crippen molar-refractivity contribution in [1.29, 1.82) is 0 Å². The summed E-state index contributed by atoms with van der Waals surface area (Å²) in [6, 6.07) is 14.9. The minimum absolute atomic E-state index is 0.0351. The molecule has 1 atom stereocenters. The monoisotopic (exact) mass is 366 g/mol. The first-order valence-electron chi connectivity index (χ1n) is 9.53. The summed E-state index contributed by atoms with van der Waals surface area (Å²) in [6.45, 7) is 5.34. The molecule has 5 heteroatoms. The minimum Gasteiger partial charge on any atom is -0.481 e. The lowest BCUT2D eigenvalue weighted by atomic mass is 10.1. The van der Waals surface area contributed by atoms with Crippen molar-refractivity contribution in [2.45, 2.75) is 39.2 Å². The van der Waals surface area contributed by atoms with Gasteiger partial charge in [-0.25, -0.2) is 0 Å². The van der Waals surface area contributed by atoms with Crippen LogP contribution in [-0.4, -0.2) is 35.9 Å². The summed E-state index contributed by atoms with van der Waals surface area (Å²) >= 11 is 0. The highest BCUT2D eigenvalue weighted by atomic mass is 16.5. The molecule has 1 aliphatic heterocycles. The molecule has 0 aliphatic carbocycles. The van der Waals surface area contributed by atoms with Gasteiger partial charge in [0.1, 0.15) is 5.75 Å². The Morgan fingerprint density at radius 1 is 1.07 bits per heavy atom. The van der Waals surface area contributed by atoms with Crippen LogP contribution in [0, 0.1) is 0 Å². The maximum atomic E-state index is 12.7.